The van der Waals surface area contributed by atoms with Gasteiger partial charge in [0.05, 0.1) is 0 Å². The van der Waals surface area contributed by atoms with Crippen LogP contribution >= 0.6 is 0 Å². The summed E-state index contributed by atoms with van der Waals surface area (Å²) < 4.78 is 25.9. The van der Waals surface area contributed by atoms with Crippen LogP contribution in [0.5, 0.6) is 0 Å². The van der Waals surface area contributed by atoms with E-state index in [1.165, 1.54) is 6.07 Å². The summed E-state index contributed by atoms with van der Waals surface area (Å²) in [5, 5.41) is 11.7. The van der Waals surface area contributed by atoms with Crippen molar-refractivity contribution < 1.29 is 18.7 Å². The van der Waals surface area contributed by atoms with E-state index < -0.39 is 17.5 Å². The highest BCUT2D eigenvalue weighted by molar-refractivity contribution is 5.94. The van der Waals surface area contributed by atoms with Crippen LogP contribution in [0.3, 0.4) is 0 Å². The third-order valence-corrected chi connectivity index (χ3v) is 2.95. The molecule has 19 heavy (non-hydrogen) atoms. The zero-order valence-electron chi connectivity index (χ0n) is 11.3. The van der Waals surface area contributed by atoms with Crippen LogP contribution in [0.15, 0.2) is 18.2 Å². The Balaban J connectivity index is 2.84. The van der Waals surface area contributed by atoms with E-state index >= 15 is 0 Å². The standard InChI is InChI=1S/C14H19F2NO2/c1-14(2,3)12(6-7-18)17-13(19)9-4-5-10(15)11(16)8-9/h4-5,8,12,18H,6-7H2,1-3H3,(H,17,19)/t12-/m0/s1. The van der Waals surface area contributed by atoms with Crippen molar-refractivity contribution in [1.29, 1.82) is 0 Å². The fourth-order valence-corrected chi connectivity index (χ4v) is 1.73. The quantitative estimate of drug-likeness (QED) is 0.884. The minimum atomic E-state index is -1.05. The van der Waals surface area contributed by atoms with Gasteiger partial charge in [0.15, 0.2) is 11.6 Å². The number of hydrogen-bond acceptors (Lipinski definition) is 2. The van der Waals surface area contributed by atoms with Crippen molar-refractivity contribution in [2.75, 3.05) is 6.61 Å². The van der Waals surface area contributed by atoms with E-state index in [1.54, 1.807) is 0 Å². The van der Waals surface area contributed by atoms with Crippen LogP contribution in [0.2, 0.25) is 0 Å². The molecule has 0 aliphatic rings. The van der Waals surface area contributed by atoms with Crippen LogP contribution in [-0.4, -0.2) is 23.7 Å². The van der Waals surface area contributed by atoms with E-state index in [-0.39, 0.29) is 23.6 Å². The molecule has 3 nitrogen and oxygen atoms in total. The van der Waals surface area contributed by atoms with Gasteiger partial charge in [-0.2, -0.15) is 0 Å². The number of amides is 1. The van der Waals surface area contributed by atoms with E-state index in [9.17, 15) is 13.6 Å². The third-order valence-electron chi connectivity index (χ3n) is 2.95. The molecule has 1 rings (SSSR count). The van der Waals surface area contributed by atoms with Crippen LogP contribution in [0.1, 0.15) is 37.6 Å². The minimum Gasteiger partial charge on any atom is -0.396 e. The van der Waals surface area contributed by atoms with Gasteiger partial charge in [0, 0.05) is 18.2 Å². The minimum absolute atomic E-state index is 0.0556. The first-order chi connectivity index (χ1) is 8.75. The zero-order valence-corrected chi connectivity index (χ0v) is 11.3. The van der Waals surface area contributed by atoms with Gasteiger partial charge in [0.25, 0.3) is 5.91 Å². The lowest BCUT2D eigenvalue weighted by Crippen LogP contribution is -2.44. The molecule has 1 aromatic carbocycles. The average molecular weight is 271 g/mol. The molecule has 1 aromatic rings. The fraction of sp³-hybridized carbons (Fsp3) is 0.500. The molecule has 0 saturated carbocycles. The Morgan fingerprint density at radius 2 is 1.95 bits per heavy atom. The van der Waals surface area contributed by atoms with Gasteiger partial charge in [-0.15, -0.1) is 0 Å². The van der Waals surface area contributed by atoms with Gasteiger partial charge in [-0.3, -0.25) is 4.79 Å². The normalized spacial score (nSPS) is 13.2. The number of nitrogens with one attached hydrogen (secondary N) is 1. The largest absolute Gasteiger partial charge is 0.396 e. The fourth-order valence-electron chi connectivity index (χ4n) is 1.73. The van der Waals surface area contributed by atoms with Crippen molar-refractivity contribution in [3.8, 4) is 0 Å². The van der Waals surface area contributed by atoms with Crippen LogP contribution < -0.4 is 5.32 Å². The monoisotopic (exact) mass is 271 g/mol. The number of hydrogen-bond donors (Lipinski definition) is 2. The summed E-state index contributed by atoms with van der Waals surface area (Å²) in [4.78, 5) is 12.0. The van der Waals surface area contributed by atoms with Crippen LogP contribution in [0, 0.1) is 17.0 Å². The lowest BCUT2D eigenvalue weighted by atomic mass is 9.85. The molecule has 0 aromatic heterocycles. The van der Waals surface area contributed by atoms with Crippen molar-refractivity contribution in [3.63, 3.8) is 0 Å². The molecule has 0 fully saturated rings. The van der Waals surface area contributed by atoms with Crippen molar-refractivity contribution >= 4 is 5.91 Å². The molecule has 1 atom stereocenters. The summed E-state index contributed by atoms with van der Waals surface area (Å²) >= 11 is 0. The van der Waals surface area contributed by atoms with Gasteiger partial charge < -0.3 is 10.4 Å². The highest BCUT2D eigenvalue weighted by atomic mass is 19.2. The van der Waals surface area contributed by atoms with E-state index in [1.807, 2.05) is 20.8 Å². The number of rotatable bonds is 4. The van der Waals surface area contributed by atoms with E-state index in [0.717, 1.165) is 12.1 Å². The molecule has 2 N–H and O–H groups in total. The summed E-state index contributed by atoms with van der Waals surface area (Å²) in [5.41, 5.74) is -0.178. The van der Waals surface area contributed by atoms with Gasteiger partial charge in [0.2, 0.25) is 0 Å². The maximum absolute atomic E-state index is 13.1. The summed E-state index contributed by atoms with van der Waals surface area (Å²) in [5.74, 6) is -2.52. The van der Waals surface area contributed by atoms with Crippen molar-refractivity contribution in [1.82, 2.24) is 5.32 Å². The van der Waals surface area contributed by atoms with E-state index in [4.69, 9.17) is 5.11 Å². The van der Waals surface area contributed by atoms with Gasteiger partial charge in [0.1, 0.15) is 0 Å². The number of benzene rings is 1. The second kappa shape index (κ2) is 6.10. The molecular weight excluding hydrogens is 252 g/mol. The predicted octanol–water partition coefficient (Wildman–Crippen LogP) is 2.49. The number of aliphatic hydroxyl groups is 1. The third kappa shape index (κ3) is 4.28. The van der Waals surface area contributed by atoms with Crippen molar-refractivity contribution in [2.45, 2.75) is 33.2 Å². The first kappa shape index (κ1) is 15.6. The molecule has 0 aliphatic heterocycles. The molecule has 1 amide bonds. The smallest absolute Gasteiger partial charge is 0.251 e. The predicted molar refractivity (Wildman–Crippen MR) is 68.8 cm³/mol. The second-order valence-corrected chi connectivity index (χ2v) is 5.53. The summed E-state index contributed by atoms with van der Waals surface area (Å²) in [6, 6.07) is 2.76. The lowest BCUT2D eigenvalue weighted by Gasteiger charge is -2.31. The Bertz CT molecular complexity index is 455. The van der Waals surface area contributed by atoms with Crippen LogP contribution in [0.4, 0.5) is 8.78 Å². The Labute approximate surface area is 111 Å². The molecule has 0 aliphatic carbocycles. The average Bonchev–Trinajstić information content (AvgIpc) is 2.30. The molecular formula is C14H19F2NO2. The van der Waals surface area contributed by atoms with Gasteiger partial charge in [-0.25, -0.2) is 8.78 Å². The number of carbonyl (C=O) groups is 1. The van der Waals surface area contributed by atoms with Gasteiger partial charge in [-0.1, -0.05) is 20.8 Å². The number of halogens is 2. The van der Waals surface area contributed by atoms with Crippen molar-refractivity contribution in [3.05, 3.63) is 35.4 Å². The Hall–Kier alpha value is -1.49. The highest BCUT2D eigenvalue weighted by Gasteiger charge is 2.26. The Kier molecular flexibility index (Phi) is 5.00. The number of aliphatic hydroxyl groups excluding tert-OH is 1. The van der Waals surface area contributed by atoms with Crippen LogP contribution in [0.25, 0.3) is 0 Å². The highest BCUT2D eigenvalue weighted by Crippen LogP contribution is 2.22. The Morgan fingerprint density at radius 1 is 1.32 bits per heavy atom. The maximum atomic E-state index is 13.1. The second-order valence-electron chi connectivity index (χ2n) is 5.53. The Morgan fingerprint density at radius 3 is 2.42 bits per heavy atom. The number of carbonyl (C=O) groups excluding carboxylic acids is 1. The van der Waals surface area contributed by atoms with Crippen LogP contribution in [-0.2, 0) is 0 Å². The van der Waals surface area contributed by atoms with Gasteiger partial charge >= 0.3 is 0 Å². The van der Waals surface area contributed by atoms with E-state index in [0.29, 0.717) is 6.42 Å². The summed E-state index contributed by atoms with van der Waals surface area (Å²) in [7, 11) is 0. The van der Waals surface area contributed by atoms with E-state index in [2.05, 4.69) is 5.32 Å². The SMILES string of the molecule is CC(C)(C)[C@H](CCO)NC(=O)c1ccc(F)c(F)c1. The lowest BCUT2D eigenvalue weighted by molar-refractivity contribution is 0.0884. The molecule has 0 bridgehead atoms. The molecule has 5 heteroatoms. The molecule has 106 valence electrons. The zero-order chi connectivity index (χ0) is 14.6. The van der Waals surface area contributed by atoms with Gasteiger partial charge in [-0.05, 0) is 30.0 Å². The maximum Gasteiger partial charge on any atom is 0.251 e. The topological polar surface area (TPSA) is 49.3 Å². The molecule has 0 spiro atoms. The first-order valence-corrected chi connectivity index (χ1v) is 6.12. The first-order valence-electron chi connectivity index (χ1n) is 6.12. The molecule has 0 heterocycles. The summed E-state index contributed by atoms with van der Waals surface area (Å²) in [6.45, 7) is 5.73. The van der Waals surface area contributed by atoms with Crippen molar-refractivity contribution in [2.24, 2.45) is 5.41 Å². The molecule has 0 radical (unpaired) electrons. The molecule has 0 saturated heterocycles. The molecule has 0 unspecified atom stereocenters. The summed E-state index contributed by atoms with van der Waals surface area (Å²) in [6.07, 6.45) is 0.402.